The highest BCUT2D eigenvalue weighted by atomic mass is 19.4. The lowest BCUT2D eigenvalue weighted by Crippen LogP contribution is -2.36. The summed E-state index contributed by atoms with van der Waals surface area (Å²) >= 11 is 0. The van der Waals surface area contributed by atoms with Gasteiger partial charge < -0.3 is 15.7 Å². The number of anilines is 2. The van der Waals surface area contributed by atoms with E-state index < -0.39 is 17.3 Å². The fourth-order valence-electron chi connectivity index (χ4n) is 3.26. The first-order chi connectivity index (χ1) is 13.7. The summed E-state index contributed by atoms with van der Waals surface area (Å²) in [4.78, 5) is 12.0. The van der Waals surface area contributed by atoms with E-state index in [2.05, 4.69) is 25.6 Å². The molecule has 2 heterocycles. The van der Waals surface area contributed by atoms with Crippen LogP contribution in [0.2, 0.25) is 0 Å². The van der Waals surface area contributed by atoms with Crippen LogP contribution in [0.25, 0.3) is 0 Å². The van der Waals surface area contributed by atoms with Crippen LogP contribution >= 0.6 is 0 Å². The molecule has 0 aliphatic heterocycles. The molecule has 1 aliphatic carbocycles. The Labute approximate surface area is 166 Å². The Morgan fingerprint density at radius 1 is 1.31 bits per heavy atom. The van der Waals surface area contributed by atoms with E-state index in [0.717, 1.165) is 31.3 Å². The molecule has 2 aromatic rings. The summed E-state index contributed by atoms with van der Waals surface area (Å²) in [5, 5.41) is 25.3. The Kier molecular flexibility index (Phi) is 5.88. The molecule has 0 aromatic carbocycles. The van der Waals surface area contributed by atoms with Gasteiger partial charge in [-0.1, -0.05) is 0 Å². The number of hydrogen-bond donors (Lipinski definition) is 3. The number of nitrogens with zero attached hydrogens (tertiary/aromatic N) is 4. The number of aromatic nitrogens is 3. The highest BCUT2D eigenvalue weighted by Crippen LogP contribution is 2.32. The number of nitriles is 1. The van der Waals surface area contributed by atoms with Crippen LogP contribution in [0.1, 0.15) is 49.3 Å². The molecule has 10 heteroatoms. The van der Waals surface area contributed by atoms with E-state index in [0.29, 0.717) is 18.7 Å². The molecule has 7 nitrogen and oxygen atoms in total. The Morgan fingerprint density at radius 3 is 2.69 bits per heavy atom. The normalized spacial score (nSPS) is 22.0. The zero-order valence-electron chi connectivity index (χ0n) is 15.8. The summed E-state index contributed by atoms with van der Waals surface area (Å²) in [6.07, 6.45) is 1.77. The maximum Gasteiger partial charge on any atom is 0.416 e. The summed E-state index contributed by atoms with van der Waals surface area (Å²) in [7, 11) is 0. The molecule has 0 spiro atoms. The quantitative estimate of drug-likeness (QED) is 0.698. The van der Waals surface area contributed by atoms with Gasteiger partial charge in [-0.25, -0.2) is 4.98 Å². The molecule has 3 rings (SSSR count). The Morgan fingerprint density at radius 2 is 2.03 bits per heavy atom. The van der Waals surface area contributed by atoms with Crippen LogP contribution in [0.4, 0.5) is 24.9 Å². The molecular formula is C19H21F3N6O. The van der Waals surface area contributed by atoms with Crippen LogP contribution in [0.5, 0.6) is 0 Å². The maximum atomic E-state index is 13.1. The number of hydrogen-bond acceptors (Lipinski definition) is 7. The van der Waals surface area contributed by atoms with E-state index in [1.165, 1.54) is 6.20 Å². The number of nitrogens with one attached hydrogen (secondary N) is 2. The van der Waals surface area contributed by atoms with E-state index in [1.807, 2.05) is 6.07 Å². The van der Waals surface area contributed by atoms with Crippen molar-refractivity contribution in [1.29, 1.82) is 5.26 Å². The highest BCUT2D eigenvalue weighted by molar-refractivity contribution is 5.54. The van der Waals surface area contributed by atoms with E-state index in [1.54, 1.807) is 6.92 Å². The average molecular weight is 406 g/mol. The van der Waals surface area contributed by atoms with Gasteiger partial charge in [0.05, 0.1) is 17.4 Å². The van der Waals surface area contributed by atoms with Crippen LogP contribution in [0.15, 0.2) is 24.7 Å². The Bertz CT molecular complexity index is 900. The fraction of sp³-hybridized carbons (Fsp3) is 0.474. The Balaban J connectivity index is 1.72. The molecule has 1 aliphatic rings. The van der Waals surface area contributed by atoms with Crippen molar-refractivity contribution in [3.8, 4) is 6.07 Å². The van der Waals surface area contributed by atoms with Gasteiger partial charge in [-0.2, -0.15) is 23.4 Å². The van der Waals surface area contributed by atoms with Crippen LogP contribution < -0.4 is 10.6 Å². The third-order valence-electron chi connectivity index (χ3n) is 4.96. The number of rotatable bonds is 5. The van der Waals surface area contributed by atoms with Crippen molar-refractivity contribution in [2.75, 3.05) is 10.6 Å². The first-order valence-corrected chi connectivity index (χ1v) is 9.18. The van der Waals surface area contributed by atoms with Gasteiger partial charge in [-0.3, -0.25) is 4.98 Å². The second kappa shape index (κ2) is 8.21. The maximum absolute atomic E-state index is 13.1. The van der Waals surface area contributed by atoms with E-state index in [-0.39, 0.29) is 29.7 Å². The van der Waals surface area contributed by atoms with Gasteiger partial charge in [0, 0.05) is 30.5 Å². The van der Waals surface area contributed by atoms with Crippen LogP contribution in [0.3, 0.4) is 0 Å². The van der Waals surface area contributed by atoms with Gasteiger partial charge in [0.1, 0.15) is 17.5 Å². The van der Waals surface area contributed by atoms with E-state index >= 15 is 0 Å². The third kappa shape index (κ3) is 5.32. The average Bonchev–Trinajstić information content (AvgIpc) is 2.68. The SMILES string of the molecule is CC1(O)CCC(Nc2nc(NCc3cnccc3C(F)(F)F)ncc2C#N)CC1. The van der Waals surface area contributed by atoms with Crippen molar-refractivity contribution in [2.24, 2.45) is 0 Å². The van der Waals surface area contributed by atoms with Gasteiger partial charge in [0.15, 0.2) is 0 Å². The molecule has 0 amide bonds. The van der Waals surface area contributed by atoms with Crippen molar-refractivity contribution in [3.63, 3.8) is 0 Å². The van der Waals surface area contributed by atoms with Gasteiger partial charge in [-0.05, 0) is 38.7 Å². The summed E-state index contributed by atoms with van der Waals surface area (Å²) in [5.41, 5.74) is -1.25. The molecule has 3 N–H and O–H groups in total. The minimum atomic E-state index is -4.49. The van der Waals surface area contributed by atoms with Gasteiger partial charge in [-0.15, -0.1) is 0 Å². The number of pyridine rings is 1. The second-order valence-corrected chi connectivity index (χ2v) is 7.37. The van der Waals surface area contributed by atoms with Crippen molar-refractivity contribution in [2.45, 2.75) is 57.0 Å². The molecule has 154 valence electrons. The number of aliphatic hydroxyl groups is 1. The second-order valence-electron chi connectivity index (χ2n) is 7.37. The van der Waals surface area contributed by atoms with Crippen molar-refractivity contribution >= 4 is 11.8 Å². The first kappa shape index (κ1) is 20.8. The summed E-state index contributed by atoms with van der Waals surface area (Å²) in [6.45, 7) is 1.63. The number of halogens is 3. The Hall–Kier alpha value is -2.93. The lowest BCUT2D eigenvalue weighted by atomic mass is 9.83. The minimum Gasteiger partial charge on any atom is -0.390 e. The standard InChI is InChI=1S/C19H21F3N6O/c1-18(29)5-2-14(3-6-18)27-16-12(8-23)10-25-17(28-16)26-11-13-9-24-7-4-15(13)19(20,21)22/h4,7,9-10,14,29H,2-3,5-6,11H2,1H3,(H2,25,26,27,28). The largest absolute Gasteiger partial charge is 0.416 e. The van der Waals surface area contributed by atoms with Gasteiger partial charge >= 0.3 is 6.18 Å². The summed E-state index contributed by atoms with van der Waals surface area (Å²) < 4.78 is 39.3. The lowest BCUT2D eigenvalue weighted by Gasteiger charge is -2.33. The van der Waals surface area contributed by atoms with Crippen molar-refractivity contribution in [3.05, 3.63) is 41.3 Å². The molecule has 2 aromatic heterocycles. The van der Waals surface area contributed by atoms with Gasteiger partial charge in [0.2, 0.25) is 5.95 Å². The molecule has 1 saturated carbocycles. The fourth-order valence-corrected chi connectivity index (χ4v) is 3.26. The monoisotopic (exact) mass is 406 g/mol. The van der Waals surface area contributed by atoms with E-state index in [4.69, 9.17) is 0 Å². The van der Waals surface area contributed by atoms with Crippen molar-refractivity contribution in [1.82, 2.24) is 15.0 Å². The molecule has 29 heavy (non-hydrogen) atoms. The molecule has 0 saturated heterocycles. The van der Waals surface area contributed by atoms with E-state index in [9.17, 15) is 23.5 Å². The topological polar surface area (TPSA) is 107 Å². The molecule has 0 bridgehead atoms. The lowest BCUT2D eigenvalue weighted by molar-refractivity contribution is -0.138. The molecule has 0 atom stereocenters. The third-order valence-corrected chi connectivity index (χ3v) is 4.96. The molecule has 0 unspecified atom stereocenters. The summed E-state index contributed by atoms with van der Waals surface area (Å²) in [5.74, 6) is 0.421. The van der Waals surface area contributed by atoms with Crippen LogP contribution in [-0.2, 0) is 12.7 Å². The highest BCUT2D eigenvalue weighted by Gasteiger charge is 2.33. The minimum absolute atomic E-state index is 0.0306. The molecular weight excluding hydrogens is 385 g/mol. The molecule has 1 fully saturated rings. The van der Waals surface area contributed by atoms with Crippen LogP contribution in [-0.4, -0.2) is 31.7 Å². The van der Waals surface area contributed by atoms with Crippen LogP contribution in [0, 0.1) is 11.3 Å². The predicted octanol–water partition coefficient (Wildman–Crippen LogP) is 3.48. The first-order valence-electron chi connectivity index (χ1n) is 9.18. The molecule has 0 radical (unpaired) electrons. The zero-order valence-corrected chi connectivity index (χ0v) is 15.8. The smallest absolute Gasteiger partial charge is 0.390 e. The zero-order chi connectivity index (χ0) is 21.1. The van der Waals surface area contributed by atoms with Crippen molar-refractivity contribution < 1.29 is 18.3 Å². The van der Waals surface area contributed by atoms with Gasteiger partial charge in [0.25, 0.3) is 0 Å². The predicted molar refractivity (Wildman–Crippen MR) is 99.8 cm³/mol. The summed E-state index contributed by atoms with van der Waals surface area (Å²) in [6, 6.07) is 2.97. The number of alkyl halides is 3.